The summed E-state index contributed by atoms with van der Waals surface area (Å²) >= 11 is 0. The minimum Gasteiger partial charge on any atom is -0.293 e. The average Bonchev–Trinajstić information content (AvgIpc) is 2.59. The number of hydrogen-bond donors (Lipinski definition) is 1. The molecule has 0 aromatic heterocycles. The van der Waals surface area contributed by atoms with Gasteiger partial charge in [0.25, 0.3) is 10.0 Å². The lowest BCUT2D eigenvalue weighted by Crippen LogP contribution is -2.58. The fourth-order valence-corrected chi connectivity index (χ4v) is 4.91. The lowest BCUT2D eigenvalue weighted by atomic mass is 9.67. The maximum atomic E-state index is 12.5. The van der Waals surface area contributed by atoms with E-state index in [0.717, 1.165) is 24.2 Å². The monoisotopic (exact) mass is 375 g/mol. The first-order valence-electron chi connectivity index (χ1n) is 9.19. The van der Waals surface area contributed by atoms with Crippen LogP contribution in [0.4, 0.5) is 0 Å². The zero-order valence-electron chi connectivity index (χ0n) is 16.2. The van der Waals surface area contributed by atoms with Crippen LogP contribution in [-0.2, 0) is 10.0 Å². The molecule has 0 radical (unpaired) electrons. The summed E-state index contributed by atoms with van der Waals surface area (Å²) in [5, 5.41) is 4.28. The van der Waals surface area contributed by atoms with Gasteiger partial charge in [-0.15, -0.1) is 0 Å². The molecule has 0 spiro atoms. The Morgan fingerprint density at radius 1 is 1.31 bits per heavy atom. The lowest BCUT2D eigenvalue weighted by molar-refractivity contribution is 0.0371. The highest BCUT2D eigenvalue weighted by Crippen LogP contribution is 2.44. The van der Waals surface area contributed by atoms with E-state index in [0.29, 0.717) is 6.04 Å². The molecule has 1 aromatic carbocycles. The molecule has 1 N–H and O–H groups in total. The Morgan fingerprint density at radius 2 is 1.96 bits per heavy atom. The molecule has 0 amide bonds. The second-order valence-electron chi connectivity index (χ2n) is 8.24. The highest BCUT2D eigenvalue weighted by atomic mass is 32.2. The standard InChI is InChI=1S/C20H29N3O2S/c1-14(2)23-13-20(5)11-10-19(23)18(12-20)16(4)21-22-26(24,25)17-8-6-15(3)7-9-17/h6-11,14,18-19,22H,12-13H2,1-5H3/b21-16-. The molecule has 4 rings (SSSR count). The molecule has 1 fully saturated rings. The van der Waals surface area contributed by atoms with Crippen molar-refractivity contribution >= 4 is 15.7 Å². The van der Waals surface area contributed by atoms with Gasteiger partial charge in [0.15, 0.2) is 0 Å². The molecule has 3 atom stereocenters. The predicted octanol–water partition coefficient (Wildman–Crippen LogP) is 3.32. The summed E-state index contributed by atoms with van der Waals surface area (Å²) in [6, 6.07) is 7.52. The molecule has 26 heavy (non-hydrogen) atoms. The number of hydrogen-bond acceptors (Lipinski definition) is 4. The summed E-state index contributed by atoms with van der Waals surface area (Å²) in [5.41, 5.74) is 1.98. The Hall–Kier alpha value is -1.66. The minimum atomic E-state index is -3.64. The molecule has 1 aromatic rings. The van der Waals surface area contributed by atoms with E-state index in [9.17, 15) is 8.42 Å². The first-order chi connectivity index (χ1) is 12.1. The second-order valence-corrected chi connectivity index (χ2v) is 9.90. The van der Waals surface area contributed by atoms with Crippen LogP contribution in [0.3, 0.4) is 0 Å². The van der Waals surface area contributed by atoms with Gasteiger partial charge in [-0.05, 0) is 51.7 Å². The molecule has 3 aliphatic rings. The molecule has 6 heteroatoms. The molecule has 1 aliphatic carbocycles. The summed E-state index contributed by atoms with van der Waals surface area (Å²) in [6.45, 7) is 11.6. The fraction of sp³-hybridized carbons (Fsp3) is 0.550. The number of nitrogens with zero attached hydrogens (tertiary/aromatic N) is 2. The Bertz CT molecular complexity index is 827. The van der Waals surface area contributed by atoms with Crippen LogP contribution < -0.4 is 4.83 Å². The van der Waals surface area contributed by atoms with Crippen LogP contribution in [0.15, 0.2) is 46.4 Å². The van der Waals surface area contributed by atoms with Gasteiger partial charge in [-0.3, -0.25) is 4.90 Å². The van der Waals surface area contributed by atoms with Crippen molar-refractivity contribution < 1.29 is 8.42 Å². The number of rotatable bonds is 5. The van der Waals surface area contributed by atoms with E-state index < -0.39 is 10.0 Å². The van der Waals surface area contributed by atoms with Crippen LogP contribution in [0.1, 0.15) is 39.7 Å². The number of nitrogens with one attached hydrogen (secondary N) is 1. The first kappa shape index (κ1) is 19.1. The van der Waals surface area contributed by atoms with Gasteiger partial charge in [-0.1, -0.05) is 36.8 Å². The van der Waals surface area contributed by atoms with E-state index in [1.54, 1.807) is 24.3 Å². The molecule has 5 nitrogen and oxygen atoms in total. The number of hydrazone groups is 1. The molecule has 0 saturated carbocycles. The fourth-order valence-electron chi connectivity index (χ4n) is 4.04. The summed E-state index contributed by atoms with van der Waals surface area (Å²) in [4.78, 5) is 5.15. The smallest absolute Gasteiger partial charge is 0.276 e. The van der Waals surface area contributed by atoms with Crippen LogP contribution in [0.2, 0.25) is 0 Å². The molecule has 2 bridgehead atoms. The van der Waals surface area contributed by atoms with Gasteiger partial charge in [0, 0.05) is 30.3 Å². The van der Waals surface area contributed by atoms with Gasteiger partial charge in [0.2, 0.25) is 0 Å². The van der Waals surface area contributed by atoms with Crippen LogP contribution in [-0.4, -0.2) is 37.7 Å². The van der Waals surface area contributed by atoms with Crippen LogP contribution in [0, 0.1) is 18.3 Å². The van der Waals surface area contributed by atoms with E-state index in [1.807, 2.05) is 13.8 Å². The molecule has 3 unspecified atom stereocenters. The van der Waals surface area contributed by atoms with Crippen molar-refractivity contribution in [2.75, 3.05) is 6.54 Å². The normalized spacial score (nSPS) is 29.4. The highest BCUT2D eigenvalue weighted by molar-refractivity contribution is 7.89. The van der Waals surface area contributed by atoms with Gasteiger partial charge in [-0.2, -0.15) is 13.5 Å². The van der Waals surface area contributed by atoms with E-state index in [-0.39, 0.29) is 22.3 Å². The van der Waals surface area contributed by atoms with Crippen molar-refractivity contribution in [3.63, 3.8) is 0 Å². The third-order valence-electron chi connectivity index (χ3n) is 5.59. The number of fused-ring (bicyclic) bond motifs is 2. The van der Waals surface area contributed by atoms with Crippen LogP contribution in [0.25, 0.3) is 0 Å². The maximum Gasteiger partial charge on any atom is 0.276 e. The molecular weight excluding hydrogens is 346 g/mol. The zero-order chi connectivity index (χ0) is 19.1. The molecule has 142 valence electrons. The Balaban J connectivity index is 1.79. The quantitative estimate of drug-likeness (QED) is 0.488. The Kier molecular flexibility index (Phi) is 5.01. The Morgan fingerprint density at radius 3 is 2.54 bits per heavy atom. The van der Waals surface area contributed by atoms with E-state index in [2.05, 4.69) is 47.8 Å². The van der Waals surface area contributed by atoms with Gasteiger partial charge in [0.05, 0.1) is 4.90 Å². The third-order valence-corrected chi connectivity index (χ3v) is 6.82. The molecule has 2 heterocycles. The molecular formula is C20H29N3O2S. The summed E-state index contributed by atoms with van der Waals surface area (Å²) in [7, 11) is -3.64. The van der Waals surface area contributed by atoms with Gasteiger partial charge >= 0.3 is 0 Å². The van der Waals surface area contributed by atoms with Crippen molar-refractivity contribution in [2.24, 2.45) is 16.4 Å². The molecule has 2 aliphatic heterocycles. The van der Waals surface area contributed by atoms with Crippen molar-refractivity contribution in [3.05, 3.63) is 42.0 Å². The largest absolute Gasteiger partial charge is 0.293 e. The summed E-state index contributed by atoms with van der Waals surface area (Å²) in [6.07, 6.45) is 5.58. The van der Waals surface area contributed by atoms with Crippen molar-refractivity contribution in [2.45, 2.75) is 58.0 Å². The van der Waals surface area contributed by atoms with E-state index in [1.165, 1.54) is 0 Å². The van der Waals surface area contributed by atoms with Crippen molar-refractivity contribution in [3.8, 4) is 0 Å². The summed E-state index contributed by atoms with van der Waals surface area (Å²) in [5.74, 6) is 0.224. The number of piperidine rings is 1. The van der Waals surface area contributed by atoms with E-state index in [4.69, 9.17) is 0 Å². The maximum absolute atomic E-state index is 12.5. The summed E-state index contributed by atoms with van der Waals surface area (Å²) < 4.78 is 25.0. The van der Waals surface area contributed by atoms with Crippen LogP contribution >= 0.6 is 0 Å². The second kappa shape index (κ2) is 6.82. The third kappa shape index (κ3) is 3.71. The van der Waals surface area contributed by atoms with Gasteiger partial charge in [-0.25, -0.2) is 4.83 Å². The SMILES string of the molecule is C/C(=N/NS(=O)(=O)c1ccc(C)cc1)C1CC2(C)C=CC1N(C(C)C)C2. The van der Waals surface area contributed by atoms with Crippen LogP contribution in [0.5, 0.6) is 0 Å². The van der Waals surface area contributed by atoms with Crippen molar-refractivity contribution in [1.29, 1.82) is 0 Å². The minimum absolute atomic E-state index is 0.121. The van der Waals surface area contributed by atoms with Gasteiger partial charge < -0.3 is 0 Å². The lowest BCUT2D eigenvalue weighted by Gasteiger charge is -2.53. The number of sulfonamides is 1. The van der Waals surface area contributed by atoms with E-state index >= 15 is 0 Å². The number of benzene rings is 1. The topological polar surface area (TPSA) is 61.8 Å². The predicted molar refractivity (Wildman–Crippen MR) is 106 cm³/mol. The highest BCUT2D eigenvalue weighted by Gasteiger charge is 2.45. The molecule has 1 saturated heterocycles. The average molecular weight is 376 g/mol. The number of aryl methyl sites for hydroxylation is 1. The zero-order valence-corrected chi connectivity index (χ0v) is 17.0. The Labute approximate surface area is 157 Å². The van der Waals surface area contributed by atoms with Crippen molar-refractivity contribution in [1.82, 2.24) is 9.73 Å². The van der Waals surface area contributed by atoms with Gasteiger partial charge in [0.1, 0.15) is 0 Å². The first-order valence-corrected chi connectivity index (χ1v) is 10.7.